The highest BCUT2D eigenvalue weighted by Crippen LogP contribution is 2.34. The number of halogens is 1. The molecule has 2 aromatic carbocycles. The van der Waals surface area contributed by atoms with Gasteiger partial charge in [-0.3, -0.25) is 9.78 Å². The first kappa shape index (κ1) is 21.5. The highest BCUT2D eigenvalue weighted by atomic mass is 35.5. The number of carbonyl (C=O) groups is 1. The zero-order chi connectivity index (χ0) is 22.8. The van der Waals surface area contributed by atoms with E-state index in [4.69, 9.17) is 21.1 Å². The van der Waals surface area contributed by atoms with Crippen molar-refractivity contribution < 1.29 is 9.32 Å². The van der Waals surface area contributed by atoms with Crippen molar-refractivity contribution in [2.24, 2.45) is 0 Å². The van der Waals surface area contributed by atoms with Crippen LogP contribution in [-0.4, -0.2) is 29.1 Å². The first-order valence-electron chi connectivity index (χ1n) is 11.3. The van der Waals surface area contributed by atoms with Crippen LogP contribution in [0.15, 0.2) is 53.1 Å². The van der Waals surface area contributed by atoms with Crippen LogP contribution in [0.25, 0.3) is 22.2 Å². The number of pyridine rings is 1. The second kappa shape index (κ2) is 9.24. The number of hydrogen-bond acceptors (Lipinski definition) is 5. The zero-order valence-corrected chi connectivity index (χ0v) is 19.2. The molecule has 5 rings (SSSR count). The molecule has 1 amide bonds. The molecule has 0 radical (unpaired) electrons. The molecule has 2 aromatic heterocycles. The lowest BCUT2D eigenvalue weighted by atomic mass is 9.92. The lowest BCUT2D eigenvalue weighted by molar-refractivity contribution is 0.0946. The fraction of sp³-hybridized carbons (Fsp3) is 0.269. The number of hydrogen-bond donors (Lipinski definition) is 2. The Kier molecular flexibility index (Phi) is 6.01. The summed E-state index contributed by atoms with van der Waals surface area (Å²) < 4.78 is 5.36. The molecule has 0 fully saturated rings. The average molecular weight is 461 g/mol. The van der Waals surface area contributed by atoms with Gasteiger partial charge >= 0.3 is 0 Å². The molecule has 2 heterocycles. The Hall–Kier alpha value is -3.38. The van der Waals surface area contributed by atoms with Crippen LogP contribution in [0, 0.1) is 6.92 Å². The van der Waals surface area contributed by atoms with E-state index in [0.29, 0.717) is 23.9 Å². The minimum atomic E-state index is -0.257. The van der Waals surface area contributed by atoms with E-state index in [1.54, 1.807) is 6.07 Å². The van der Waals surface area contributed by atoms with E-state index in [0.717, 1.165) is 59.1 Å². The van der Waals surface area contributed by atoms with Crippen LogP contribution in [0.5, 0.6) is 0 Å². The Morgan fingerprint density at radius 2 is 1.88 bits per heavy atom. The maximum atomic E-state index is 12.6. The van der Waals surface area contributed by atoms with Gasteiger partial charge in [-0.05, 0) is 56.4 Å². The molecule has 0 aliphatic heterocycles. The number of anilines is 1. The summed E-state index contributed by atoms with van der Waals surface area (Å²) in [5.41, 5.74) is 6.75. The summed E-state index contributed by atoms with van der Waals surface area (Å²) in [5, 5.41) is 12.1. The molecule has 7 heteroatoms. The Labute approximate surface area is 197 Å². The molecule has 6 nitrogen and oxygen atoms in total. The zero-order valence-electron chi connectivity index (χ0n) is 18.5. The van der Waals surface area contributed by atoms with Crippen LogP contribution in [-0.2, 0) is 12.8 Å². The number of aromatic nitrogens is 2. The Morgan fingerprint density at radius 3 is 2.73 bits per heavy atom. The minimum Gasteiger partial charge on any atom is -0.382 e. The summed E-state index contributed by atoms with van der Waals surface area (Å²) in [5.74, 6) is 0.319. The lowest BCUT2D eigenvalue weighted by Crippen LogP contribution is -2.29. The van der Waals surface area contributed by atoms with Crippen LogP contribution in [0.1, 0.15) is 40.2 Å². The summed E-state index contributed by atoms with van der Waals surface area (Å²) in [6, 6.07) is 15.4. The number of benzene rings is 2. The Bertz CT molecular complexity index is 1310. The molecule has 0 bridgehead atoms. The monoisotopic (exact) mass is 460 g/mol. The van der Waals surface area contributed by atoms with E-state index in [2.05, 4.69) is 15.8 Å². The molecule has 0 saturated carbocycles. The average Bonchev–Trinajstić information content (AvgIpc) is 3.32. The van der Waals surface area contributed by atoms with Crippen LogP contribution >= 0.6 is 11.6 Å². The van der Waals surface area contributed by atoms with Gasteiger partial charge in [0.2, 0.25) is 0 Å². The molecule has 2 N–H and O–H groups in total. The number of rotatable bonds is 6. The maximum Gasteiger partial charge on any atom is 0.273 e. The third-order valence-electron chi connectivity index (χ3n) is 6.02. The van der Waals surface area contributed by atoms with Crippen molar-refractivity contribution in [1.29, 1.82) is 0 Å². The molecule has 168 valence electrons. The van der Waals surface area contributed by atoms with Crippen molar-refractivity contribution in [3.63, 3.8) is 0 Å². The number of carbonyl (C=O) groups excluding carboxylic acids is 1. The minimum absolute atomic E-state index is 0.257. The van der Waals surface area contributed by atoms with Crippen molar-refractivity contribution >= 4 is 34.1 Å². The molecular formula is C26H25ClN4O2. The van der Waals surface area contributed by atoms with Crippen LogP contribution in [0.2, 0.25) is 5.02 Å². The molecule has 1 aliphatic carbocycles. The van der Waals surface area contributed by atoms with Gasteiger partial charge in [-0.1, -0.05) is 46.6 Å². The number of aryl methyl sites for hydroxylation is 2. The predicted molar refractivity (Wildman–Crippen MR) is 131 cm³/mol. The fourth-order valence-corrected chi connectivity index (χ4v) is 4.46. The predicted octanol–water partition coefficient (Wildman–Crippen LogP) is 5.57. The van der Waals surface area contributed by atoms with Gasteiger partial charge in [0.05, 0.1) is 5.52 Å². The van der Waals surface area contributed by atoms with Gasteiger partial charge in [0, 0.05) is 46.5 Å². The summed E-state index contributed by atoms with van der Waals surface area (Å²) >= 11 is 6.20. The van der Waals surface area contributed by atoms with Crippen LogP contribution in [0.4, 0.5) is 5.69 Å². The highest BCUT2D eigenvalue weighted by Gasteiger charge is 2.18. The number of nitrogens with zero attached hydrogens (tertiary/aromatic N) is 2. The topological polar surface area (TPSA) is 80.0 Å². The van der Waals surface area contributed by atoms with Crippen LogP contribution in [0.3, 0.4) is 0 Å². The Morgan fingerprint density at radius 1 is 1.06 bits per heavy atom. The second-order valence-electron chi connectivity index (χ2n) is 8.41. The lowest BCUT2D eigenvalue weighted by Gasteiger charge is -2.22. The second-order valence-corrected chi connectivity index (χ2v) is 8.84. The van der Waals surface area contributed by atoms with E-state index in [9.17, 15) is 4.79 Å². The molecule has 0 unspecified atom stereocenters. The largest absolute Gasteiger partial charge is 0.382 e. The van der Waals surface area contributed by atoms with Gasteiger partial charge in [0.15, 0.2) is 11.5 Å². The number of amides is 1. The first-order chi connectivity index (χ1) is 16.1. The highest BCUT2D eigenvalue weighted by molar-refractivity contribution is 6.31. The third kappa shape index (κ3) is 4.57. The molecule has 4 aromatic rings. The fourth-order valence-electron chi connectivity index (χ4n) is 4.29. The quantitative estimate of drug-likeness (QED) is 0.367. The molecular weight excluding hydrogens is 436 g/mol. The summed E-state index contributed by atoms with van der Waals surface area (Å²) in [4.78, 5) is 17.4. The molecule has 0 spiro atoms. The van der Waals surface area contributed by atoms with Crippen LogP contribution < -0.4 is 10.6 Å². The van der Waals surface area contributed by atoms with Gasteiger partial charge in [0.1, 0.15) is 0 Å². The van der Waals surface area contributed by atoms with Gasteiger partial charge in [0.25, 0.3) is 5.91 Å². The first-order valence-corrected chi connectivity index (χ1v) is 11.6. The summed E-state index contributed by atoms with van der Waals surface area (Å²) in [6.45, 7) is 3.07. The van der Waals surface area contributed by atoms with Gasteiger partial charge in [-0.25, -0.2) is 0 Å². The molecule has 1 aliphatic rings. The maximum absolute atomic E-state index is 12.6. The smallest absolute Gasteiger partial charge is 0.273 e. The SMILES string of the molecule is Cc1ccc(-c2cc(C(=O)NCCNc3c4c(nc5cc(Cl)ccc35)CCCC4)no2)cc1. The van der Waals surface area contributed by atoms with E-state index < -0.39 is 0 Å². The standard InChI is InChI=1S/C26H25ClN4O2/c1-16-6-8-17(9-7-16)24-15-23(31-33-24)26(32)29-13-12-28-25-19-4-2-3-5-21(19)30-22-14-18(27)10-11-20(22)25/h6-11,14-15H,2-5,12-13H2,1H3,(H,28,30)(H,29,32). The summed E-state index contributed by atoms with van der Waals surface area (Å²) in [7, 11) is 0. The van der Waals surface area contributed by atoms with E-state index in [1.807, 2.05) is 49.4 Å². The molecule has 0 atom stereocenters. The van der Waals surface area contributed by atoms with E-state index in [-0.39, 0.29) is 11.6 Å². The Balaban J connectivity index is 1.25. The van der Waals surface area contributed by atoms with Crippen molar-refractivity contribution in [3.8, 4) is 11.3 Å². The van der Waals surface area contributed by atoms with Crippen molar-refractivity contribution in [2.45, 2.75) is 32.6 Å². The summed E-state index contributed by atoms with van der Waals surface area (Å²) in [6.07, 6.45) is 4.31. The van der Waals surface area contributed by atoms with Gasteiger partial charge < -0.3 is 15.2 Å². The van der Waals surface area contributed by atoms with Gasteiger partial charge in [-0.15, -0.1) is 0 Å². The molecule has 33 heavy (non-hydrogen) atoms. The number of nitrogens with one attached hydrogen (secondary N) is 2. The third-order valence-corrected chi connectivity index (χ3v) is 6.25. The van der Waals surface area contributed by atoms with E-state index in [1.165, 1.54) is 5.56 Å². The normalized spacial score (nSPS) is 13.0. The van der Waals surface area contributed by atoms with E-state index >= 15 is 0 Å². The van der Waals surface area contributed by atoms with Crippen molar-refractivity contribution in [3.05, 3.63) is 76.1 Å². The van der Waals surface area contributed by atoms with Crippen molar-refractivity contribution in [2.75, 3.05) is 18.4 Å². The number of fused-ring (bicyclic) bond motifs is 2. The van der Waals surface area contributed by atoms with Gasteiger partial charge in [-0.2, -0.15) is 0 Å². The molecule has 0 saturated heterocycles. The van der Waals surface area contributed by atoms with Crippen molar-refractivity contribution in [1.82, 2.24) is 15.5 Å².